The lowest BCUT2D eigenvalue weighted by Gasteiger charge is -2.09. The maximum Gasteiger partial charge on any atom is 0.258 e. The summed E-state index contributed by atoms with van der Waals surface area (Å²) in [5.41, 5.74) is 3.18. The van der Waals surface area contributed by atoms with Crippen LogP contribution in [0.5, 0.6) is 17.2 Å². The van der Waals surface area contributed by atoms with E-state index in [-0.39, 0.29) is 19.3 Å². The van der Waals surface area contributed by atoms with E-state index in [2.05, 4.69) is 11.4 Å². The molecule has 23 heavy (non-hydrogen) atoms. The zero-order chi connectivity index (χ0) is 16.2. The van der Waals surface area contributed by atoms with Gasteiger partial charge in [0.2, 0.25) is 6.79 Å². The first-order valence-electron chi connectivity index (χ1n) is 7.46. The lowest BCUT2D eigenvalue weighted by molar-refractivity contribution is -0.123. The molecule has 1 amide bonds. The van der Waals surface area contributed by atoms with E-state index in [0.717, 1.165) is 22.4 Å². The van der Waals surface area contributed by atoms with E-state index in [1.165, 1.54) is 0 Å². The van der Waals surface area contributed by atoms with E-state index in [0.29, 0.717) is 18.0 Å². The predicted octanol–water partition coefficient (Wildman–Crippen LogP) is 2.73. The molecule has 0 saturated heterocycles. The number of ether oxygens (including phenoxy) is 3. The zero-order valence-electron chi connectivity index (χ0n) is 13.2. The summed E-state index contributed by atoms with van der Waals surface area (Å²) in [5, 5.41) is 2.83. The second-order valence-electron chi connectivity index (χ2n) is 5.58. The SMILES string of the molecule is Cc1cc(C)cc(OCC(=O)NCc2ccc3c(c2)OCO3)c1. The van der Waals surface area contributed by atoms with Gasteiger partial charge in [0.05, 0.1) is 0 Å². The summed E-state index contributed by atoms with van der Waals surface area (Å²) in [5.74, 6) is 1.99. The highest BCUT2D eigenvalue weighted by atomic mass is 16.7. The molecule has 1 N–H and O–H groups in total. The number of benzene rings is 2. The maximum absolute atomic E-state index is 11.9. The van der Waals surface area contributed by atoms with Gasteiger partial charge in [0.15, 0.2) is 18.1 Å². The molecule has 0 bridgehead atoms. The lowest BCUT2D eigenvalue weighted by Crippen LogP contribution is -2.28. The molecule has 2 aromatic rings. The van der Waals surface area contributed by atoms with Crippen molar-refractivity contribution in [2.24, 2.45) is 0 Å². The molecule has 0 spiro atoms. The molecule has 1 heterocycles. The fraction of sp³-hybridized carbons (Fsp3) is 0.278. The monoisotopic (exact) mass is 313 g/mol. The normalized spacial score (nSPS) is 12.1. The zero-order valence-corrected chi connectivity index (χ0v) is 13.2. The first-order chi connectivity index (χ1) is 11.1. The quantitative estimate of drug-likeness (QED) is 0.922. The van der Waals surface area contributed by atoms with Crippen LogP contribution < -0.4 is 19.5 Å². The Morgan fingerprint density at radius 2 is 1.83 bits per heavy atom. The van der Waals surface area contributed by atoms with Crippen molar-refractivity contribution in [3.05, 3.63) is 53.1 Å². The van der Waals surface area contributed by atoms with Gasteiger partial charge in [-0.05, 0) is 54.8 Å². The van der Waals surface area contributed by atoms with Crippen LogP contribution >= 0.6 is 0 Å². The summed E-state index contributed by atoms with van der Waals surface area (Å²) in [6, 6.07) is 11.5. The second kappa shape index (κ2) is 6.60. The Morgan fingerprint density at radius 3 is 2.61 bits per heavy atom. The molecule has 0 fully saturated rings. The molecule has 0 unspecified atom stereocenters. The average molecular weight is 313 g/mol. The molecule has 3 rings (SSSR count). The van der Waals surface area contributed by atoms with E-state index in [9.17, 15) is 4.79 Å². The summed E-state index contributed by atoms with van der Waals surface area (Å²) in [6.07, 6.45) is 0. The summed E-state index contributed by atoms with van der Waals surface area (Å²) in [6.45, 7) is 4.66. The smallest absolute Gasteiger partial charge is 0.258 e. The molecule has 0 aromatic heterocycles. The maximum atomic E-state index is 11.9. The van der Waals surface area contributed by atoms with Gasteiger partial charge < -0.3 is 19.5 Å². The molecule has 0 saturated carbocycles. The van der Waals surface area contributed by atoms with Crippen LogP contribution in [0, 0.1) is 13.8 Å². The van der Waals surface area contributed by atoms with Gasteiger partial charge in [-0.25, -0.2) is 0 Å². The molecule has 1 aliphatic heterocycles. The van der Waals surface area contributed by atoms with Crippen molar-refractivity contribution in [2.45, 2.75) is 20.4 Å². The lowest BCUT2D eigenvalue weighted by atomic mass is 10.1. The van der Waals surface area contributed by atoms with Crippen LogP contribution in [0.25, 0.3) is 0 Å². The van der Waals surface area contributed by atoms with Crippen LogP contribution in [0.3, 0.4) is 0 Å². The van der Waals surface area contributed by atoms with Gasteiger partial charge in [-0.2, -0.15) is 0 Å². The van der Waals surface area contributed by atoms with Crippen molar-refractivity contribution in [3.63, 3.8) is 0 Å². The Kier molecular flexibility index (Phi) is 4.37. The number of hydrogen-bond acceptors (Lipinski definition) is 4. The minimum atomic E-state index is -0.165. The van der Waals surface area contributed by atoms with Gasteiger partial charge >= 0.3 is 0 Å². The highest BCUT2D eigenvalue weighted by Gasteiger charge is 2.13. The Morgan fingerprint density at radius 1 is 1.09 bits per heavy atom. The van der Waals surface area contributed by atoms with E-state index in [4.69, 9.17) is 14.2 Å². The Balaban J connectivity index is 1.49. The molecule has 120 valence electrons. The second-order valence-corrected chi connectivity index (χ2v) is 5.58. The molecule has 5 nitrogen and oxygen atoms in total. The van der Waals surface area contributed by atoms with Gasteiger partial charge in [-0.15, -0.1) is 0 Å². The summed E-state index contributed by atoms with van der Waals surface area (Å²) >= 11 is 0. The van der Waals surface area contributed by atoms with Crippen LogP contribution in [0.1, 0.15) is 16.7 Å². The number of carbonyl (C=O) groups is 1. The number of fused-ring (bicyclic) bond motifs is 1. The largest absolute Gasteiger partial charge is 0.484 e. The summed E-state index contributed by atoms with van der Waals surface area (Å²) in [7, 11) is 0. The average Bonchev–Trinajstić information content (AvgIpc) is 2.97. The standard InChI is InChI=1S/C18H19NO4/c1-12-5-13(2)7-15(6-12)21-10-18(20)19-9-14-3-4-16-17(8-14)23-11-22-16/h3-8H,9-11H2,1-2H3,(H,19,20). The molecule has 2 aromatic carbocycles. The van der Waals surface area contributed by atoms with Crippen molar-refractivity contribution in [1.29, 1.82) is 0 Å². The molecule has 0 atom stereocenters. The molecule has 1 aliphatic rings. The summed E-state index contributed by atoms with van der Waals surface area (Å²) in [4.78, 5) is 11.9. The van der Waals surface area contributed by atoms with Crippen LogP contribution in [-0.4, -0.2) is 19.3 Å². The molecular formula is C18H19NO4. The van der Waals surface area contributed by atoms with Crippen LogP contribution in [-0.2, 0) is 11.3 Å². The number of carbonyl (C=O) groups excluding carboxylic acids is 1. The Hall–Kier alpha value is -2.69. The van der Waals surface area contributed by atoms with Crippen LogP contribution in [0.2, 0.25) is 0 Å². The van der Waals surface area contributed by atoms with Crippen molar-refractivity contribution in [1.82, 2.24) is 5.32 Å². The van der Waals surface area contributed by atoms with Gasteiger partial charge in [-0.1, -0.05) is 12.1 Å². The van der Waals surface area contributed by atoms with Gasteiger partial charge in [0.1, 0.15) is 5.75 Å². The third kappa shape index (κ3) is 3.94. The first-order valence-corrected chi connectivity index (χ1v) is 7.46. The number of amides is 1. The molecular weight excluding hydrogens is 294 g/mol. The van der Waals surface area contributed by atoms with Crippen LogP contribution in [0.15, 0.2) is 36.4 Å². The van der Waals surface area contributed by atoms with Crippen molar-refractivity contribution < 1.29 is 19.0 Å². The fourth-order valence-corrected chi connectivity index (χ4v) is 2.47. The van der Waals surface area contributed by atoms with Crippen molar-refractivity contribution >= 4 is 5.91 Å². The number of aryl methyl sites for hydroxylation is 2. The van der Waals surface area contributed by atoms with Gasteiger partial charge in [0, 0.05) is 6.54 Å². The predicted molar refractivity (Wildman–Crippen MR) is 85.8 cm³/mol. The summed E-state index contributed by atoms with van der Waals surface area (Å²) < 4.78 is 16.1. The number of rotatable bonds is 5. The van der Waals surface area contributed by atoms with E-state index >= 15 is 0 Å². The first kappa shape index (κ1) is 15.2. The van der Waals surface area contributed by atoms with Crippen molar-refractivity contribution in [3.8, 4) is 17.2 Å². The minimum Gasteiger partial charge on any atom is -0.484 e. The topological polar surface area (TPSA) is 56.8 Å². The van der Waals surface area contributed by atoms with E-state index < -0.39 is 0 Å². The minimum absolute atomic E-state index is 0.00650. The van der Waals surface area contributed by atoms with Gasteiger partial charge in [0.25, 0.3) is 5.91 Å². The van der Waals surface area contributed by atoms with Crippen LogP contribution in [0.4, 0.5) is 0 Å². The van der Waals surface area contributed by atoms with E-state index in [1.807, 2.05) is 44.2 Å². The van der Waals surface area contributed by atoms with E-state index in [1.54, 1.807) is 0 Å². The molecule has 0 aliphatic carbocycles. The Labute approximate surface area is 135 Å². The molecule has 0 radical (unpaired) electrons. The van der Waals surface area contributed by atoms with Crippen molar-refractivity contribution in [2.75, 3.05) is 13.4 Å². The number of hydrogen-bond donors (Lipinski definition) is 1. The Bertz CT molecular complexity index is 707. The van der Waals surface area contributed by atoms with Gasteiger partial charge in [-0.3, -0.25) is 4.79 Å². The molecule has 5 heteroatoms. The third-order valence-corrected chi connectivity index (χ3v) is 3.49. The highest BCUT2D eigenvalue weighted by Crippen LogP contribution is 2.32. The highest BCUT2D eigenvalue weighted by molar-refractivity contribution is 5.77. The fourth-order valence-electron chi connectivity index (χ4n) is 2.47. The third-order valence-electron chi connectivity index (χ3n) is 3.49. The number of nitrogens with one attached hydrogen (secondary N) is 1.